The fourth-order valence-electron chi connectivity index (χ4n) is 1.48. The zero-order valence-corrected chi connectivity index (χ0v) is 13.0. The van der Waals surface area contributed by atoms with Crippen molar-refractivity contribution in [3.05, 3.63) is 10.8 Å². The molecule has 0 atom stereocenters. The Kier molecular flexibility index (Phi) is 7.01. The van der Waals surface area contributed by atoms with E-state index in [2.05, 4.69) is 52.0 Å². The topological polar surface area (TPSA) is 47.0 Å². The van der Waals surface area contributed by atoms with E-state index in [4.69, 9.17) is 4.74 Å². The van der Waals surface area contributed by atoms with Crippen LogP contribution >= 0.6 is 15.9 Å². The van der Waals surface area contributed by atoms with E-state index in [9.17, 15) is 0 Å². The standard InChI is InChI=1S/C13H22BrN3O/c1-4-7-15-12-11(14)13(17-9-16-12)18-8-5-6-10(2)3/h9-10H,4-8H2,1-3H3,(H,15,16,17). The van der Waals surface area contributed by atoms with Gasteiger partial charge in [-0.25, -0.2) is 9.97 Å². The van der Waals surface area contributed by atoms with Crippen molar-refractivity contribution in [2.75, 3.05) is 18.5 Å². The molecule has 0 fully saturated rings. The van der Waals surface area contributed by atoms with Crippen LogP contribution in [0.5, 0.6) is 5.88 Å². The minimum Gasteiger partial charge on any atom is -0.477 e. The molecule has 18 heavy (non-hydrogen) atoms. The Labute approximate surface area is 118 Å². The number of rotatable bonds is 8. The highest BCUT2D eigenvalue weighted by atomic mass is 79.9. The molecule has 1 rings (SSSR count). The summed E-state index contributed by atoms with van der Waals surface area (Å²) in [5.41, 5.74) is 0. The SMILES string of the molecule is CCCNc1ncnc(OCCCC(C)C)c1Br. The summed E-state index contributed by atoms with van der Waals surface area (Å²) in [6.45, 7) is 8.13. The van der Waals surface area contributed by atoms with Gasteiger partial charge in [0.2, 0.25) is 5.88 Å². The highest BCUT2D eigenvalue weighted by Gasteiger charge is 2.09. The van der Waals surface area contributed by atoms with Crippen LogP contribution in [0, 0.1) is 5.92 Å². The van der Waals surface area contributed by atoms with Crippen molar-refractivity contribution in [3.63, 3.8) is 0 Å². The van der Waals surface area contributed by atoms with Crippen LogP contribution in [0.2, 0.25) is 0 Å². The number of halogens is 1. The zero-order chi connectivity index (χ0) is 13.4. The normalized spacial score (nSPS) is 10.7. The molecule has 5 heteroatoms. The van der Waals surface area contributed by atoms with E-state index in [-0.39, 0.29) is 0 Å². The third-order valence-electron chi connectivity index (χ3n) is 2.46. The van der Waals surface area contributed by atoms with Gasteiger partial charge in [-0.3, -0.25) is 0 Å². The largest absolute Gasteiger partial charge is 0.477 e. The second-order valence-corrected chi connectivity index (χ2v) is 5.45. The lowest BCUT2D eigenvalue weighted by Gasteiger charge is -2.11. The Morgan fingerprint density at radius 1 is 1.39 bits per heavy atom. The van der Waals surface area contributed by atoms with E-state index in [0.717, 1.165) is 29.7 Å². The number of hydrogen-bond donors (Lipinski definition) is 1. The van der Waals surface area contributed by atoms with Gasteiger partial charge >= 0.3 is 0 Å². The maximum atomic E-state index is 5.67. The zero-order valence-electron chi connectivity index (χ0n) is 11.4. The number of aromatic nitrogens is 2. The fourth-order valence-corrected chi connectivity index (χ4v) is 1.94. The molecule has 1 N–H and O–H groups in total. The molecule has 0 radical (unpaired) electrons. The van der Waals surface area contributed by atoms with Crippen LogP contribution in [-0.2, 0) is 0 Å². The smallest absolute Gasteiger partial charge is 0.233 e. The van der Waals surface area contributed by atoms with Gasteiger partial charge < -0.3 is 10.1 Å². The molecule has 1 aromatic rings. The lowest BCUT2D eigenvalue weighted by atomic mass is 10.1. The van der Waals surface area contributed by atoms with Crippen LogP contribution in [0.25, 0.3) is 0 Å². The van der Waals surface area contributed by atoms with Crippen LogP contribution in [0.1, 0.15) is 40.0 Å². The van der Waals surface area contributed by atoms with Crippen LogP contribution in [0.3, 0.4) is 0 Å². The van der Waals surface area contributed by atoms with Crippen molar-refractivity contribution >= 4 is 21.7 Å². The van der Waals surface area contributed by atoms with Crippen molar-refractivity contribution in [2.24, 2.45) is 5.92 Å². The van der Waals surface area contributed by atoms with Crippen molar-refractivity contribution in [3.8, 4) is 5.88 Å². The molecule has 0 aliphatic heterocycles. The van der Waals surface area contributed by atoms with Crippen LogP contribution in [0.15, 0.2) is 10.8 Å². The summed E-state index contributed by atoms with van der Waals surface area (Å²) in [6.07, 6.45) is 4.80. The average molecular weight is 316 g/mol. The van der Waals surface area contributed by atoms with Gasteiger partial charge in [0.25, 0.3) is 0 Å². The summed E-state index contributed by atoms with van der Waals surface area (Å²) >= 11 is 3.48. The number of hydrogen-bond acceptors (Lipinski definition) is 4. The first-order chi connectivity index (χ1) is 8.65. The second-order valence-electron chi connectivity index (χ2n) is 4.65. The Hall–Kier alpha value is -0.840. The van der Waals surface area contributed by atoms with Crippen LogP contribution in [0.4, 0.5) is 5.82 Å². The second kappa shape index (κ2) is 8.29. The summed E-state index contributed by atoms with van der Waals surface area (Å²) in [6, 6.07) is 0. The summed E-state index contributed by atoms with van der Waals surface area (Å²) in [5.74, 6) is 2.13. The molecule has 1 heterocycles. The fraction of sp³-hybridized carbons (Fsp3) is 0.692. The molecule has 0 bridgehead atoms. The Morgan fingerprint density at radius 3 is 2.83 bits per heavy atom. The molecule has 0 spiro atoms. The summed E-state index contributed by atoms with van der Waals surface area (Å²) in [4.78, 5) is 8.33. The van der Waals surface area contributed by atoms with Gasteiger partial charge in [0.1, 0.15) is 16.6 Å². The quantitative estimate of drug-likeness (QED) is 0.740. The number of anilines is 1. The van der Waals surface area contributed by atoms with Crippen LogP contribution < -0.4 is 10.1 Å². The number of ether oxygens (including phenoxy) is 1. The minimum absolute atomic E-state index is 0.618. The molecule has 0 aliphatic carbocycles. The van der Waals surface area contributed by atoms with E-state index in [1.54, 1.807) is 0 Å². The van der Waals surface area contributed by atoms with Crippen molar-refractivity contribution in [1.29, 1.82) is 0 Å². The predicted octanol–water partition coefficient (Wildman–Crippen LogP) is 3.88. The molecule has 0 aromatic carbocycles. The van der Waals surface area contributed by atoms with Crippen molar-refractivity contribution in [1.82, 2.24) is 9.97 Å². The van der Waals surface area contributed by atoms with E-state index >= 15 is 0 Å². The van der Waals surface area contributed by atoms with Crippen molar-refractivity contribution in [2.45, 2.75) is 40.0 Å². The molecule has 1 aromatic heterocycles. The average Bonchev–Trinajstić information content (AvgIpc) is 2.34. The number of nitrogens with one attached hydrogen (secondary N) is 1. The molecule has 0 amide bonds. The predicted molar refractivity (Wildman–Crippen MR) is 78.1 cm³/mol. The molecule has 0 saturated carbocycles. The number of nitrogens with zero attached hydrogens (tertiary/aromatic N) is 2. The molecule has 4 nitrogen and oxygen atoms in total. The molecular formula is C13H22BrN3O. The Morgan fingerprint density at radius 2 is 2.17 bits per heavy atom. The third kappa shape index (κ3) is 5.21. The van der Waals surface area contributed by atoms with E-state index in [1.165, 1.54) is 12.7 Å². The molecule has 102 valence electrons. The maximum absolute atomic E-state index is 5.67. The molecular weight excluding hydrogens is 294 g/mol. The Bertz CT molecular complexity index is 358. The van der Waals surface area contributed by atoms with E-state index < -0.39 is 0 Å². The highest BCUT2D eigenvalue weighted by Crippen LogP contribution is 2.28. The highest BCUT2D eigenvalue weighted by molar-refractivity contribution is 9.10. The van der Waals surface area contributed by atoms with Crippen LogP contribution in [-0.4, -0.2) is 23.1 Å². The summed E-state index contributed by atoms with van der Waals surface area (Å²) in [7, 11) is 0. The molecule has 0 saturated heterocycles. The lowest BCUT2D eigenvalue weighted by Crippen LogP contribution is -2.06. The first-order valence-electron chi connectivity index (χ1n) is 6.52. The van der Waals surface area contributed by atoms with Gasteiger partial charge in [0.05, 0.1) is 6.61 Å². The van der Waals surface area contributed by atoms with Gasteiger partial charge in [-0.05, 0) is 41.1 Å². The van der Waals surface area contributed by atoms with E-state index in [1.807, 2.05) is 0 Å². The lowest BCUT2D eigenvalue weighted by molar-refractivity contribution is 0.285. The van der Waals surface area contributed by atoms with E-state index in [0.29, 0.717) is 18.4 Å². The minimum atomic E-state index is 0.618. The summed E-state index contributed by atoms with van der Waals surface area (Å²) in [5, 5.41) is 3.23. The molecule has 0 unspecified atom stereocenters. The molecule has 0 aliphatic rings. The summed E-state index contributed by atoms with van der Waals surface area (Å²) < 4.78 is 6.48. The van der Waals surface area contributed by atoms with Crippen molar-refractivity contribution < 1.29 is 4.74 Å². The first kappa shape index (κ1) is 15.2. The maximum Gasteiger partial charge on any atom is 0.233 e. The van der Waals surface area contributed by atoms with Gasteiger partial charge in [0, 0.05) is 6.54 Å². The monoisotopic (exact) mass is 315 g/mol. The van der Waals surface area contributed by atoms with Gasteiger partial charge in [0.15, 0.2) is 0 Å². The van der Waals surface area contributed by atoms with Gasteiger partial charge in [-0.1, -0.05) is 20.8 Å². The van der Waals surface area contributed by atoms with Gasteiger partial charge in [-0.2, -0.15) is 0 Å². The van der Waals surface area contributed by atoms with Gasteiger partial charge in [-0.15, -0.1) is 0 Å². The Balaban J connectivity index is 2.49. The third-order valence-corrected chi connectivity index (χ3v) is 3.18. The first-order valence-corrected chi connectivity index (χ1v) is 7.31.